The van der Waals surface area contributed by atoms with Crippen LogP contribution in [0.1, 0.15) is 53.9 Å². The van der Waals surface area contributed by atoms with Crippen molar-refractivity contribution in [2.45, 2.75) is 65.5 Å². The van der Waals surface area contributed by atoms with Crippen LogP contribution in [0.15, 0.2) is 0 Å². The van der Waals surface area contributed by atoms with Crippen LogP contribution in [0.2, 0.25) is 0 Å². The molecule has 2 heterocycles. The van der Waals surface area contributed by atoms with E-state index in [1.807, 2.05) is 0 Å². The molecule has 0 N–H and O–H groups in total. The fourth-order valence-electron chi connectivity index (χ4n) is 3.79. The third-order valence-electron chi connectivity index (χ3n) is 4.61. The zero-order valence-corrected chi connectivity index (χ0v) is 11.1. The lowest BCUT2D eigenvalue weighted by Crippen LogP contribution is -2.59. The second-order valence-corrected chi connectivity index (χ2v) is 6.96. The van der Waals surface area contributed by atoms with E-state index >= 15 is 0 Å². The quantitative estimate of drug-likeness (QED) is 0.638. The largest absolute Gasteiger partial charge is 0.295 e. The molecule has 1 aliphatic carbocycles. The van der Waals surface area contributed by atoms with Gasteiger partial charge in [-0.2, -0.15) is 0 Å². The van der Waals surface area contributed by atoms with E-state index in [1.165, 1.54) is 25.8 Å². The Morgan fingerprint density at radius 2 is 1.80 bits per heavy atom. The predicted octanol–water partition coefficient (Wildman–Crippen LogP) is 3.54. The predicted molar refractivity (Wildman–Crippen MR) is 65.9 cm³/mol. The summed E-state index contributed by atoms with van der Waals surface area (Å²) in [6.45, 7) is 13.3. The number of hydrogen-bond donors (Lipinski definition) is 0. The first-order valence-electron chi connectivity index (χ1n) is 6.66. The van der Waals surface area contributed by atoms with E-state index in [1.54, 1.807) is 0 Å². The van der Waals surface area contributed by atoms with Crippen molar-refractivity contribution in [1.82, 2.24) is 4.90 Å². The van der Waals surface area contributed by atoms with Gasteiger partial charge in [-0.1, -0.05) is 13.8 Å². The first-order chi connectivity index (χ1) is 6.89. The lowest BCUT2D eigenvalue weighted by Gasteiger charge is -2.55. The maximum Gasteiger partial charge on any atom is 0.0128 e. The van der Waals surface area contributed by atoms with Crippen molar-refractivity contribution in [3.8, 4) is 0 Å². The number of fused-ring (bicyclic) bond motifs is 3. The van der Waals surface area contributed by atoms with Gasteiger partial charge in [-0.05, 0) is 57.8 Å². The Kier molecular flexibility index (Phi) is 2.87. The van der Waals surface area contributed by atoms with Gasteiger partial charge >= 0.3 is 0 Å². The summed E-state index contributed by atoms with van der Waals surface area (Å²) in [7, 11) is 0. The SMILES string of the molecule is CC(C)C1CC2CCC1CN2C(C)(C)C. The molecule has 2 bridgehead atoms. The highest BCUT2D eigenvalue weighted by Crippen LogP contribution is 2.44. The summed E-state index contributed by atoms with van der Waals surface area (Å²) in [6.07, 6.45) is 4.39. The number of piperidine rings is 2. The Morgan fingerprint density at radius 1 is 1.13 bits per heavy atom. The lowest BCUT2D eigenvalue weighted by atomic mass is 9.67. The van der Waals surface area contributed by atoms with Crippen LogP contribution < -0.4 is 0 Å². The van der Waals surface area contributed by atoms with Crippen molar-refractivity contribution in [2.24, 2.45) is 17.8 Å². The second kappa shape index (κ2) is 3.76. The summed E-state index contributed by atoms with van der Waals surface area (Å²) < 4.78 is 0. The standard InChI is InChI=1S/C14H27N/c1-10(2)13-8-12-7-6-11(13)9-15(12)14(3,4)5/h10-13H,6-9H2,1-5H3. The molecule has 3 unspecified atom stereocenters. The van der Waals surface area contributed by atoms with Gasteiger partial charge in [0.1, 0.15) is 0 Å². The topological polar surface area (TPSA) is 3.24 Å². The molecule has 1 heteroatoms. The van der Waals surface area contributed by atoms with Gasteiger partial charge in [-0.25, -0.2) is 0 Å². The van der Waals surface area contributed by atoms with Crippen LogP contribution in [0.4, 0.5) is 0 Å². The van der Waals surface area contributed by atoms with E-state index in [-0.39, 0.29) is 0 Å². The minimum atomic E-state index is 0.380. The number of nitrogens with zero attached hydrogens (tertiary/aromatic N) is 1. The Bertz CT molecular complexity index is 226. The van der Waals surface area contributed by atoms with Crippen LogP contribution in [0.3, 0.4) is 0 Å². The molecular weight excluding hydrogens is 182 g/mol. The van der Waals surface area contributed by atoms with Gasteiger partial charge < -0.3 is 0 Å². The molecule has 3 fully saturated rings. The molecule has 0 aromatic rings. The van der Waals surface area contributed by atoms with E-state index in [4.69, 9.17) is 0 Å². The Hall–Kier alpha value is -0.0400. The fourth-order valence-corrected chi connectivity index (χ4v) is 3.79. The Labute approximate surface area is 95.2 Å². The molecular formula is C14H27N. The molecule has 0 aromatic heterocycles. The normalized spacial score (nSPS) is 37.6. The molecule has 15 heavy (non-hydrogen) atoms. The summed E-state index contributed by atoms with van der Waals surface area (Å²) in [5.74, 6) is 2.87. The zero-order chi connectivity index (χ0) is 11.2. The van der Waals surface area contributed by atoms with E-state index in [0.29, 0.717) is 5.54 Å². The van der Waals surface area contributed by atoms with Crippen LogP contribution in [0.25, 0.3) is 0 Å². The first-order valence-corrected chi connectivity index (χ1v) is 6.66. The Balaban J connectivity index is 2.09. The molecule has 3 aliphatic rings. The van der Waals surface area contributed by atoms with Gasteiger partial charge in [-0.3, -0.25) is 4.90 Å². The van der Waals surface area contributed by atoms with Crippen LogP contribution in [-0.4, -0.2) is 23.0 Å². The maximum atomic E-state index is 2.76. The van der Waals surface area contributed by atoms with Crippen molar-refractivity contribution in [2.75, 3.05) is 6.54 Å². The van der Waals surface area contributed by atoms with Gasteiger partial charge in [0.2, 0.25) is 0 Å². The average molecular weight is 209 g/mol. The zero-order valence-electron chi connectivity index (χ0n) is 11.1. The van der Waals surface area contributed by atoms with E-state index in [2.05, 4.69) is 39.5 Å². The summed E-state index contributed by atoms with van der Waals surface area (Å²) in [6, 6.07) is 0.877. The van der Waals surface area contributed by atoms with Crippen molar-refractivity contribution in [3.05, 3.63) is 0 Å². The van der Waals surface area contributed by atoms with Crippen LogP contribution in [0, 0.1) is 17.8 Å². The van der Waals surface area contributed by atoms with E-state index in [9.17, 15) is 0 Å². The highest BCUT2D eigenvalue weighted by Gasteiger charge is 2.44. The molecule has 2 aliphatic heterocycles. The molecule has 88 valence electrons. The van der Waals surface area contributed by atoms with Crippen LogP contribution in [0.5, 0.6) is 0 Å². The summed E-state index contributed by atoms with van der Waals surface area (Å²) in [4.78, 5) is 2.76. The van der Waals surface area contributed by atoms with Crippen LogP contribution in [-0.2, 0) is 0 Å². The average Bonchev–Trinajstić information content (AvgIpc) is 2.16. The first kappa shape index (κ1) is 11.4. The van der Waals surface area contributed by atoms with Gasteiger partial charge in [0.05, 0.1) is 0 Å². The van der Waals surface area contributed by atoms with Crippen molar-refractivity contribution >= 4 is 0 Å². The number of rotatable bonds is 1. The fraction of sp³-hybridized carbons (Fsp3) is 1.00. The minimum absolute atomic E-state index is 0.380. The van der Waals surface area contributed by atoms with Crippen molar-refractivity contribution in [1.29, 1.82) is 0 Å². The highest BCUT2D eigenvalue weighted by atomic mass is 15.2. The third kappa shape index (κ3) is 2.08. The molecule has 2 saturated heterocycles. The third-order valence-corrected chi connectivity index (χ3v) is 4.61. The smallest absolute Gasteiger partial charge is 0.0128 e. The lowest BCUT2D eigenvalue weighted by molar-refractivity contribution is -0.0587. The van der Waals surface area contributed by atoms with Crippen molar-refractivity contribution < 1.29 is 0 Å². The van der Waals surface area contributed by atoms with Gasteiger partial charge in [-0.15, -0.1) is 0 Å². The number of hydrogen-bond acceptors (Lipinski definition) is 1. The van der Waals surface area contributed by atoms with Crippen LogP contribution >= 0.6 is 0 Å². The minimum Gasteiger partial charge on any atom is -0.295 e. The molecule has 1 saturated carbocycles. The monoisotopic (exact) mass is 209 g/mol. The summed E-state index contributed by atoms with van der Waals surface area (Å²) in [5, 5.41) is 0. The van der Waals surface area contributed by atoms with Gasteiger partial charge in [0.25, 0.3) is 0 Å². The van der Waals surface area contributed by atoms with Crippen molar-refractivity contribution in [3.63, 3.8) is 0 Å². The molecule has 0 radical (unpaired) electrons. The highest BCUT2D eigenvalue weighted by molar-refractivity contribution is 4.97. The molecule has 0 spiro atoms. The van der Waals surface area contributed by atoms with E-state index < -0.39 is 0 Å². The molecule has 0 aromatic carbocycles. The maximum absolute atomic E-state index is 2.76. The van der Waals surface area contributed by atoms with Gasteiger partial charge in [0, 0.05) is 18.1 Å². The van der Waals surface area contributed by atoms with Gasteiger partial charge in [0.15, 0.2) is 0 Å². The second-order valence-electron chi connectivity index (χ2n) is 6.96. The molecule has 3 atom stereocenters. The Morgan fingerprint density at radius 3 is 2.20 bits per heavy atom. The molecule has 0 amide bonds. The summed E-state index contributed by atoms with van der Waals surface area (Å²) >= 11 is 0. The summed E-state index contributed by atoms with van der Waals surface area (Å²) in [5.41, 5.74) is 0.380. The molecule has 3 rings (SSSR count). The van der Waals surface area contributed by atoms with E-state index in [0.717, 1.165) is 23.8 Å². The molecule has 1 nitrogen and oxygen atoms in total.